The maximum absolute atomic E-state index is 12.6. The normalized spacial score (nSPS) is 10.7. The molecule has 2 rings (SSSR count). The van der Waals surface area contributed by atoms with Crippen molar-refractivity contribution in [2.45, 2.75) is 6.42 Å². The lowest BCUT2D eigenvalue weighted by Crippen LogP contribution is -2.11. The number of methoxy groups -OCH3 is 5. The minimum atomic E-state index is -0.654. The highest BCUT2D eigenvalue weighted by molar-refractivity contribution is 6.03. The average molecular weight is 469 g/mol. The number of anilines is 1. The van der Waals surface area contributed by atoms with E-state index in [2.05, 4.69) is 10.1 Å². The van der Waals surface area contributed by atoms with Crippen molar-refractivity contribution in [1.82, 2.24) is 0 Å². The van der Waals surface area contributed by atoms with E-state index in [1.165, 1.54) is 41.6 Å². The van der Waals surface area contributed by atoms with E-state index in [9.17, 15) is 14.4 Å². The highest BCUT2D eigenvalue weighted by Crippen LogP contribution is 2.35. The van der Waals surface area contributed by atoms with Gasteiger partial charge in [-0.25, -0.2) is 4.79 Å². The quantitative estimate of drug-likeness (QED) is 0.395. The Morgan fingerprint density at radius 1 is 0.794 bits per heavy atom. The predicted octanol–water partition coefficient (Wildman–Crippen LogP) is 3.21. The smallest absolute Gasteiger partial charge is 0.330 e. The van der Waals surface area contributed by atoms with Gasteiger partial charge in [-0.2, -0.15) is 0 Å². The second kappa shape index (κ2) is 12.7. The van der Waals surface area contributed by atoms with Gasteiger partial charge in [0.1, 0.15) is 23.0 Å². The minimum absolute atomic E-state index is 0.0716. The maximum Gasteiger partial charge on any atom is 0.330 e. The highest BCUT2D eigenvalue weighted by Gasteiger charge is 2.12. The fraction of sp³-hybridized carbons (Fsp3) is 0.240. The molecule has 0 aliphatic carbocycles. The second-order valence-corrected chi connectivity index (χ2v) is 6.80. The van der Waals surface area contributed by atoms with Gasteiger partial charge in [0.05, 0.1) is 46.8 Å². The Hall–Kier alpha value is -4.27. The molecule has 0 radical (unpaired) electrons. The van der Waals surface area contributed by atoms with E-state index >= 15 is 0 Å². The summed E-state index contributed by atoms with van der Waals surface area (Å²) >= 11 is 0. The lowest BCUT2D eigenvalue weighted by atomic mass is 10.1. The molecule has 1 amide bonds. The zero-order chi connectivity index (χ0) is 25.1. The number of allylic oxidation sites excluding steroid dienone is 1. The second-order valence-electron chi connectivity index (χ2n) is 6.80. The van der Waals surface area contributed by atoms with Crippen molar-refractivity contribution in [2.75, 3.05) is 40.9 Å². The van der Waals surface area contributed by atoms with Crippen molar-refractivity contribution in [3.8, 4) is 23.0 Å². The Bertz CT molecular complexity index is 1080. The Kier molecular flexibility index (Phi) is 9.70. The van der Waals surface area contributed by atoms with Crippen LogP contribution in [0.5, 0.6) is 23.0 Å². The lowest BCUT2D eigenvalue weighted by molar-refractivity contribution is -0.135. The molecule has 180 valence electrons. The first-order chi connectivity index (χ1) is 16.3. The van der Waals surface area contributed by atoms with Crippen LogP contribution in [0.3, 0.4) is 0 Å². The number of hydrogen-bond donors (Lipinski definition) is 1. The monoisotopic (exact) mass is 469 g/mol. The molecular weight excluding hydrogens is 442 g/mol. The number of ether oxygens (including phenoxy) is 5. The molecule has 0 saturated carbocycles. The lowest BCUT2D eigenvalue weighted by Gasteiger charge is -2.12. The van der Waals surface area contributed by atoms with Crippen molar-refractivity contribution in [2.24, 2.45) is 0 Å². The van der Waals surface area contributed by atoms with Gasteiger partial charge in [0, 0.05) is 30.7 Å². The fourth-order valence-electron chi connectivity index (χ4n) is 2.98. The van der Waals surface area contributed by atoms with Gasteiger partial charge in [-0.05, 0) is 29.8 Å². The van der Waals surface area contributed by atoms with Crippen LogP contribution in [0.4, 0.5) is 5.69 Å². The van der Waals surface area contributed by atoms with Crippen molar-refractivity contribution in [1.29, 1.82) is 0 Å². The van der Waals surface area contributed by atoms with Crippen LogP contribution in [0.2, 0.25) is 0 Å². The standard InChI is InChI=1S/C25H27NO8/c1-30-18-14-22(32-3)19(23(15-18)33-4)8-7-17(27)12-16-6-9-21(31-2)20(13-16)26-24(28)10-11-25(29)34-5/h6-11,13-15H,12H2,1-5H3,(H,26,28)/b8-7+,11-10-. The van der Waals surface area contributed by atoms with Crippen LogP contribution in [0.25, 0.3) is 6.08 Å². The van der Waals surface area contributed by atoms with Gasteiger partial charge in [-0.3, -0.25) is 9.59 Å². The molecule has 0 spiro atoms. The molecule has 0 atom stereocenters. The first-order valence-electron chi connectivity index (χ1n) is 10.1. The van der Waals surface area contributed by atoms with E-state index in [4.69, 9.17) is 18.9 Å². The highest BCUT2D eigenvalue weighted by atomic mass is 16.5. The summed E-state index contributed by atoms with van der Waals surface area (Å²) in [6.07, 6.45) is 5.16. The molecule has 0 saturated heterocycles. The Labute approximate surface area is 197 Å². The fourth-order valence-corrected chi connectivity index (χ4v) is 2.98. The number of carbonyl (C=O) groups is 3. The molecule has 0 unspecified atom stereocenters. The topological polar surface area (TPSA) is 109 Å². The van der Waals surface area contributed by atoms with E-state index < -0.39 is 11.9 Å². The van der Waals surface area contributed by atoms with Gasteiger partial charge in [0.2, 0.25) is 5.91 Å². The third-order valence-corrected chi connectivity index (χ3v) is 4.66. The van der Waals surface area contributed by atoms with Crippen LogP contribution in [0.1, 0.15) is 11.1 Å². The van der Waals surface area contributed by atoms with E-state index in [1.54, 1.807) is 36.4 Å². The maximum atomic E-state index is 12.6. The summed E-state index contributed by atoms with van der Waals surface area (Å²) < 4.78 is 25.7. The van der Waals surface area contributed by atoms with Crippen molar-refractivity contribution in [3.63, 3.8) is 0 Å². The van der Waals surface area contributed by atoms with Crippen LogP contribution in [-0.2, 0) is 25.5 Å². The van der Waals surface area contributed by atoms with Gasteiger partial charge >= 0.3 is 5.97 Å². The molecule has 2 aromatic rings. The number of hydrogen-bond acceptors (Lipinski definition) is 8. The summed E-state index contributed by atoms with van der Waals surface area (Å²) in [5.41, 5.74) is 1.60. The van der Waals surface area contributed by atoms with E-state index in [0.29, 0.717) is 39.8 Å². The van der Waals surface area contributed by atoms with E-state index in [0.717, 1.165) is 12.2 Å². The molecule has 0 aliphatic rings. The molecule has 2 aromatic carbocycles. The third kappa shape index (κ3) is 7.13. The summed E-state index contributed by atoms with van der Waals surface area (Å²) in [4.78, 5) is 35.9. The molecule has 0 aliphatic heterocycles. The van der Waals surface area contributed by atoms with Crippen LogP contribution in [0, 0.1) is 0 Å². The van der Waals surface area contributed by atoms with Crippen LogP contribution >= 0.6 is 0 Å². The number of ketones is 1. The Morgan fingerprint density at radius 2 is 1.44 bits per heavy atom. The largest absolute Gasteiger partial charge is 0.496 e. The molecule has 0 bridgehead atoms. The summed E-state index contributed by atoms with van der Waals surface area (Å²) in [6.45, 7) is 0. The number of amides is 1. The zero-order valence-corrected chi connectivity index (χ0v) is 19.7. The van der Waals surface area contributed by atoms with Crippen LogP contribution in [-0.4, -0.2) is 53.2 Å². The Balaban J connectivity index is 2.20. The van der Waals surface area contributed by atoms with Crippen LogP contribution in [0.15, 0.2) is 48.6 Å². The first-order valence-corrected chi connectivity index (χ1v) is 10.1. The molecule has 0 fully saturated rings. The number of rotatable bonds is 11. The van der Waals surface area contributed by atoms with Crippen molar-refractivity contribution < 1.29 is 38.1 Å². The summed E-state index contributed by atoms with van der Waals surface area (Å²) in [5, 5.41) is 2.62. The van der Waals surface area contributed by atoms with E-state index in [-0.39, 0.29) is 12.2 Å². The number of carbonyl (C=O) groups excluding carboxylic acids is 3. The average Bonchev–Trinajstić information content (AvgIpc) is 2.85. The Morgan fingerprint density at radius 3 is 2.00 bits per heavy atom. The number of esters is 1. The number of benzene rings is 2. The van der Waals surface area contributed by atoms with Gasteiger partial charge in [0.25, 0.3) is 0 Å². The third-order valence-electron chi connectivity index (χ3n) is 4.66. The number of nitrogens with one attached hydrogen (secondary N) is 1. The molecule has 9 nitrogen and oxygen atoms in total. The first kappa shape index (κ1) is 26.0. The molecule has 0 aromatic heterocycles. The van der Waals surface area contributed by atoms with Gasteiger partial charge < -0.3 is 29.0 Å². The molecule has 9 heteroatoms. The molecule has 1 N–H and O–H groups in total. The molecule has 0 heterocycles. The van der Waals surface area contributed by atoms with Gasteiger partial charge in [0.15, 0.2) is 5.78 Å². The van der Waals surface area contributed by atoms with Gasteiger partial charge in [-0.1, -0.05) is 6.07 Å². The summed E-state index contributed by atoms with van der Waals surface area (Å²) in [5.74, 6) is 0.562. The minimum Gasteiger partial charge on any atom is -0.496 e. The zero-order valence-electron chi connectivity index (χ0n) is 19.7. The van der Waals surface area contributed by atoms with Crippen molar-refractivity contribution >= 4 is 29.4 Å². The van der Waals surface area contributed by atoms with Crippen LogP contribution < -0.4 is 24.3 Å². The SMILES string of the molecule is COC(=O)/C=C\C(=O)Nc1cc(CC(=O)/C=C/c2c(OC)cc(OC)cc2OC)ccc1OC. The predicted molar refractivity (Wildman–Crippen MR) is 127 cm³/mol. The molecular formula is C25H27NO8. The summed E-state index contributed by atoms with van der Waals surface area (Å²) in [6, 6.07) is 8.38. The van der Waals surface area contributed by atoms with Crippen molar-refractivity contribution in [3.05, 3.63) is 59.7 Å². The van der Waals surface area contributed by atoms with E-state index in [1.807, 2.05) is 0 Å². The molecule has 34 heavy (non-hydrogen) atoms. The summed E-state index contributed by atoms with van der Waals surface area (Å²) in [7, 11) is 7.23. The van der Waals surface area contributed by atoms with Gasteiger partial charge in [-0.15, -0.1) is 0 Å².